The predicted molar refractivity (Wildman–Crippen MR) is 82.1 cm³/mol. The van der Waals surface area contributed by atoms with Crippen LogP contribution < -0.4 is 5.32 Å². The highest BCUT2D eigenvalue weighted by Gasteiger charge is 2.08. The molecule has 1 heterocycles. The van der Waals surface area contributed by atoms with Crippen LogP contribution >= 0.6 is 0 Å². The van der Waals surface area contributed by atoms with E-state index in [-0.39, 0.29) is 12.5 Å². The fourth-order valence-corrected chi connectivity index (χ4v) is 2.20. The van der Waals surface area contributed by atoms with E-state index in [0.717, 1.165) is 17.7 Å². The minimum absolute atomic E-state index is 0.0900. The molecule has 0 aliphatic heterocycles. The van der Waals surface area contributed by atoms with Gasteiger partial charge in [0.05, 0.1) is 0 Å². The fourth-order valence-electron chi connectivity index (χ4n) is 2.20. The molecule has 3 aromatic rings. The average molecular weight is 293 g/mol. The van der Waals surface area contributed by atoms with Crippen molar-refractivity contribution in [3.05, 3.63) is 72.1 Å². The molecule has 0 atom stereocenters. The minimum atomic E-state index is -0.159. The number of carbonyl (C=O) groups excluding carboxylic acids is 1. The number of para-hydroxylation sites is 1. The van der Waals surface area contributed by atoms with Crippen LogP contribution in [0.25, 0.3) is 0 Å². The second-order valence-electron chi connectivity index (χ2n) is 4.88. The third-order valence-corrected chi connectivity index (χ3v) is 3.23. The summed E-state index contributed by atoms with van der Waals surface area (Å²) in [5.74, 6) is -0.159. The Hall–Kier alpha value is -3.02. The van der Waals surface area contributed by atoms with Crippen molar-refractivity contribution in [2.45, 2.75) is 13.0 Å². The van der Waals surface area contributed by atoms with E-state index in [1.165, 1.54) is 16.6 Å². The van der Waals surface area contributed by atoms with E-state index in [4.69, 9.17) is 0 Å². The van der Waals surface area contributed by atoms with Crippen molar-refractivity contribution in [2.24, 2.45) is 0 Å². The first kappa shape index (κ1) is 13.9. The number of aromatic nitrogens is 4. The van der Waals surface area contributed by atoms with Crippen LogP contribution in [-0.4, -0.2) is 26.1 Å². The average Bonchev–Trinajstić information content (AvgIpc) is 3.03. The Balaban J connectivity index is 1.72. The second-order valence-corrected chi connectivity index (χ2v) is 4.88. The summed E-state index contributed by atoms with van der Waals surface area (Å²) in [6.45, 7) is 0.0900. The SMILES string of the molecule is O=C(Cn1cnnn1)Nc1ccccc1Cc1ccccc1. The number of tetrazole rings is 1. The van der Waals surface area contributed by atoms with Crippen molar-refractivity contribution in [2.75, 3.05) is 5.32 Å². The van der Waals surface area contributed by atoms with Crippen molar-refractivity contribution in [1.29, 1.82) is 0 Å². The molecule has 1 amide bonds. The van der Waals surface area contributed by atoms with Crippen molar-refractivity contribution in [3.63, 3.8) is 0 Å². The molecule has 110 valence electrons. The van der Waals surface area contributed by atoms with Crippen molar-refractivity contribution >= 4 is 11.6 Å². The first-order valence-corrected chi connectivity index (χ1v) is 6.94. The number of anilines is 1. The molecule has 0 bridgehead atoms. The monoisotopic (exact) mass is 293 g/mol. The molecule has 6 heteroatoms. The topological polar surface area (TPSA) is 72.7 Å². The maximum Gasteiger partial charge on any atom is 0.246 e. The van der Waals surface area contributed by atoms with E-state index in [1.54, 1.807) is 0 Å². The summed E-state index contributed by atoms with van der Waals surface area (Å²) in [7, 11) is 0. The highest BCUT2D eigenvalue weighted by atomic mass is 16.2. The normalized spacial score (nSPS) is 10.4. The summed E-state index contributed by atoms with van der Waals surface area (Å²) >= 11 is 0. The van der Waals surface area contributed by atoms with Gasteiger partial charge < -0.3 is 5.32 Å². The first-order valence-electron chi connectivity index (χ1n) is 6.94. The molecule has 0 aliphatic carbocycles. The number of carbonyl (C=O) groups is 1. The van der Waals surface area contributed by atoms with E-state index in [0.29, 0.717) is 0 Å². The Morgan fingerprint density at radius 2 is 1.82 bits per heavy atom. The highest BCUT2D eigenvalue weighted by Crippen LogP contribution is 2.19. The fraction of sp³-hybridized carbons (Fsp3) is 0.125. The Morgan fingerprint density at radius 3 is 2.59 bits per heavy atom. The molecule has 0 saturated carbocycles. The zero-order valence-corrected chi connectivity index (χ0v) is 11.9. The largest absolute Gasteiger partial charge is 0.324 e. The Kier molecular flexibility index (Phi) is 4.20. The van der Waals surface area contributed by atoms with Crippen LogP contribution in [0.5, 0.6) is 0 Å². The summed E-state index contributed by atoms with van der Waals surface area (Å²) in [5.41, 5.74) is 3.08. The molecule has 0 radical (unpaired) electrons. The summed E-state index contributed by atoms with van der Waals surface area (Å²) < 4.78 is 1.38. The molecular formula is C16H15N5O. The summed E-state index contributed by atoms with van der Waals surface area (Å²) in [4.78, 5) is 12.1. The van der Waals surface area contributed by atoms with Crippen LogP contribution in [-0.2, 0) is 17.8 Å². The number of nitrogens with zero attached hydrogens (tertiary/aromatic N) is 4. The lowest BCUT2D eigenvalue weighted by Crippen LogP contribution is -2.20. The quantitative estimate of drug-likeness (QED) is 0.780. The molecule has 0 unspecified atom stereocenters. The number of nitrogens with one attached hydrogen (secondary N) is 1. The van der Waals surface area contributed by atoms with Gasteiger partial charge in [0.25, 0.3) is 0 Å². The molecule has 2 aromatic carbocycles. The molecule has 1 N–H and O–H groups in total. The molecule has 22 heavy (non-hydrogen) atoms. The van der Waals surface area contributed by atoms with Gasteiger partial charge in [-0.25, -0.2) is 4.68 Å². The van der Waals surface area contributed by atoms with Crippen molar-refractivity contribution in [1.82, 2.24) is 20.2 Å². The number of amides is 1. The van der Waals surface area contributed by atoms with Gasteiger partial charge in [-0.3, -0.25) is 4.79 Å². The highest BCUT2D eigenvalue weighted by molar-refractivity contribution is 5.91. The van der Waals surface area contributed by atoms with Gasteiger partial charge in [0, 0.05) is 5.69 Å². The van der Waals surface area contributed by atoms with Crippen LogP contribution in [0, 0.1) is 0 Å². The molecule has 0 spiro atoms. The van der Waals surface area contributed by atoms with Crippen LogP contribution in [0.4, 0.5) is 5.69 Å². The molecule has 0 fully saturated rings. The van der Waals surface area contributed by atoms with Crippen LogP contribution in [0.3, 0.4) is 0 Å². The first-order chi connectivity index (χ1) is 10.8. The minimum Gasteiger partial charge on any atom is -0.324 e. The van der Waals surface area contributed by atoms with Crippen LogP contribution in [0.1, 0.15) is 11.1 Å². The summed E-state index contributed by atoms with van der Waals surface area (Å²) in [6, 6.07) is 17.9. The van der Waals surface area contributed by atoms with Crippen LogP contribution in [0.15, 0.2) is 60.9 Å². The molecule has 0 aliphatic rings. The molecule has 6 nitrogen and oxygen atoms in total. The van der Waals surface area contributed by atoms with Gasteiger partial charge in [0.2, 0.25) is 5.91 Å². The number of hydrogen-bond acceptors (Lipinski definition) is 4. The Labute approximate surface area is 127 Å². The lowest BCUT2D eigenvalue weighted by atomic mass is 10.0. The van der Waals surface area contributed by atoms with Gasteiger partial charge >= 0.3 is 0 Å². The zero-order chi connectivity index (χ0) is 15.2. The van der Waals surface area contributed by atoms with Gasteiger partial charge in [0.15, 0.2) is 0 Å². The van der Waals surface area contributed by atoms with Crippen LogP contribution in [0.2, 0.25) is 0 Å². The van der Waals surface area contributed by atoms with E-state index < -0.39 is 0 Å². The maximum atomic E-state index is 12.1. The predicted octanol–water partition coefficient (Wildman–Crippen LogP) is 1.90. The summed E-state index contributed by atoms with van der Waals surface area (Å²) in [6.07, 6.45) is 2.18. The zero-order valence-electron chi connectivity index (χ0n) is 11.9. The number of hydrogen-bond donors (Lipinski definition) is 1. The Morgan fingerprint density at radius 1 is 1.05 bits per heavy atom. The van der Waals surface area contributed by atoms with Gasteiger partial charge in [-0.2, -0.15) is 0 Å². The third kappa shape index (κ3) is 3.54. The lowest BCUT2D eigenvalue weighted by molar-refractivity contribution is -0.116. The van der Waals surface area contributed by atoms with Gasteiger partial charge in [-0.1, -0.05) is 48.5 Å². The van der Waals surface area contributed by atoms with Gasteiger partial charge in [0.1, 0.15) is 12.9 Å². The molecule has 3 rings (SSSR count). The van der Waals surface area contributed by atoms with E-state index in [9.17, 15) is 4.79 Å². The van der Waals surface area contributed by atoms with E-state index in [1.807, 2.05) is 42.5 Å². The van der Waals surface area contributed by atoms with Crippen molar-refractivity contribution in [3.8, 4) is 0 Å². The molecule has 0 saturated heterocycles. The van der Waals surface area contributed by atoms with E-state index >= 15 is 0 Å². The molecular weight excluding hydrogens is 278 g/mol. The number of rotatable bonds is 5. The third-order valence-electron chi connectivity index (χ3n) is 3.23. The van der Waals surface area contributed by atoms with Gasteiger partial charge in [-0.05, 0) is 34.0 Å². The standard InChI is InChI=1S/C16H15N5O/c22-16(11-21-12-17-19-20-21)18-15-9-5-4-8-14(15)10-13-6-2-1-3-7-13/h1-9,12H,10-11H2,(H,18,22). The summed E-state index contributed by atoms with van der Waals surface area (Å²) in [5, 5.41) is 13.6. The Bertz CT molecular complexity index is 740. The second kappa shape index (κ2) is 6.62. The smallest absolute Gasteiger partial charge is 0.246 e. The van der Waals surface area contributed by atoms with E-state index in [2.05, 4.69) is 33.0 Å². The van der Waals surface area contributed by atoms with Crippen molar-refractivity contribution < 1.29 is 4.79 Å². The molecule has 1 aromatic heterocycles. The number of benzene rings is 2. The lowest BCUT2D eigenvalue weighted by Gasteiger charge is -2.11. The van der Waals surface area contributed by atoms with Gasteiger partial charge in [-0.15, -0.1) is 5.10 Å². The maximum absolute atomic E-state index is 12.1.